The van der Waals surface area contributed by atoms with Gasteiger partial charge in [0.25, 0.3) is 0 Å². The monoisotopic (exact) mass is 1130 g/mol. The molecule has 0 saturated carbocycles. The smallest absolute Gasteiger partial charge is 0.449 e. The molecule has 1 saturated heterocycles. The zero-order chi connectivity index (χ0) is 57.5. The van der Waals surface area contributed by atoms with Gasteiger partial charge >= 0.3 is 13.9 Å². The van der Waals surface area contributed by atoms with E-state index >= 15 is 0 Å². The summed E-state index contributed by atoms with van der Waals surface area (Å²) in [7, 11) is -3.27. The summed E-state index contributed by atoms with van der Waals surface area (Å²) < 4.78 is 45.0. The lowest BCUT2D eigenvalue weighted by Gasteiger charge is -2.28. The Labute approximate surface area is 459 Å². The molecule has 2 aliphatic rings. The second-order valence-electron chi connectivity index (χ2n) is 19.4. The van der Waals surface area contributed by atoms with Crippen LogP contribution in [0.2, 0.25) is 0 Å². The van der Waals surface area contributed by atoms with E-state index < -0.39 is 98.4 Å². The van der Waals surface area contributed by atoms with E-state index in [2.05, 4.69) is 48.7 Å². The van der Waals surface area contributed by atoms with Crippen LogP contribution in [0.5, 0.6) is 0 Å². The van der Waals surface area contributed by atoms with Crippen LogP contribution in [0.15, 0.2) is 73.2 Å². The van der Waals surface area contributed by atoms with Gasteiger partial charge in [-0.25, -0.2) is 14.3 Å². The summed E-state index contributed by atoms with van der Waals surface area (Å²) in [6.07, 6.45) is 4.71. The molecule has 8 atom stereocenters. The number of aliphatic hydroxyl groups excluding tert-OH is 1. The molecule has 1 aromatic heterocycles. The molecule has 79 heavy (non-hydrogen) atoms. The minimum Gasteiger partial charge on any atom is -0.449 e. The molecule has 25 nitrogen and oxygen atoms in total. The number of unbranched alkanes of at least 4 members (excludes halogenated alkanes) is 1. The number of carbonyl (C=O) groups excluding carboxylic acids is 7. The molecular formula is C53H76N9O16P. The Morgan fingerprint density at radius 2 is 1.52 bits per heavy atom. The number of nitrogens with one attached hydrogen (secondary N) is 6. The Bertz CT molecular complexity index is 2520. The minimum atomic E-state index is -4.73. The molecule has 0 bridgehead atoms. The lowest BCUT2D eigenvalue weighted by atomic mass is 9.98. The third-order valence-corrected chi connectivity index (χ3v) is 14.2. The first kappa shape index (κ1) is 63.3. The number of rotatable bonds is 34. The lowest BCUT2D eigenvalue weighted by Crippen LogP contribution is -2.61. The number of alkyl carbamates (subject to hydrolysis) is 1. The maximum Gasteiger partial charge on any atom is 0.472 e. The number of aliphatic hydroxyl groups is 1. The Morgan fingerprint density at radius 3 is 2.14 bits per heavy atom. The van der Waals surface area contributed by atoms with E-state index in [1.807, 2.05) is 63.2 Å². The SMILES string of the molecule is C/C=C\CCCOP(=O)(O)O[C@H](C)[C@H](NC(=O)[C@H](CO)NC(=O)[C@H](Cc1cnc[nH]1)NC(=O)[C@H](CC(C)C)NC(=O)[C@@H]1C[C@@H](OC)CN1C(=O)CCOCCOCCNC(=O)OCC1c2ccccc2-c2ccccc21)C(N)=O. The van der Waals surface area contributed by atoms with Gasteiger partial charge in [-0.1, -0.05) is 74.5 Å². The standard InChI is InChI=1S/C53H76N9O16P/c1-6-7-8-13-20-77-79(71,72)78-34(4)47(48(54)65)61-51(68)44(30-63)60-50(67)43(26-35-28-55-32-57-35)58-49(66)42(25-33(2)3)59-52(69)45-27-36(73-5)29-62(45)46(64)18-21-74-23-24-75-22-19-56-53(70)76-31-41-39-16-11-9-14-37(39)38-15-10-12-17-40(38)41/h6-7,9-12,14-17,28,32-34,36,41-45,47,63H,8,13,18-27,29-31H2,1-5H3,(H2,54,65)(H,55,57)(H,56,70)(H,58,66)(H,59,69)(H,60,67)(H,61,68)(H,71,72)/b7-6-/t34-,36-,42+,43+,44+,45+,47+/m1/s1. The topological polar surface area (TPSA) is 350 Å². The van der Waals surface area contributed by atoms with Crippen LogP contribution in [-0.2, 0) is 67.7 Å². The highest BCUT2D eigenvalue weighted by molar-refractivity contribution is 7.47. The van der Waals surface area contributed by atoms with Gasteiger partial charge in [-0.15, -0.1) is 0 Å². The number of hydrogen-bond donors (Lipinski definition) is 9. The van der Waals surface area contributed by atoms with Crippen LogP contribution in [-0.4, -0.2) is 175 Å². The number of primary amides is 1. The zero-order valence-electron chi connectivity index (χ0n) is 45.3. The number of phosphoric ester groups is 1. The minimum absolute atomic E-state index is 0.0129. The van der Waals surface area contributed by atoms with Crippen molar-refractivity contribution in [1.82, 2.24) is 41.5 Å². The van der Waals surface area contributed by atoms with E-state index in [9.17, 15) is 48.1 Å². The number of phosphoric acid groups is 1. The number of allylic oxidation sites excluding steroid dienone is 2. The number of fused-ring (bicyclic) bond motifs is 3. The number of benzene rings is 2. The summed E-state index contributed by atoms with van der Waals surface area (Å²) in [5.74, 6) is -5.32. The van der Waals surface area contributed by atoms with Gasteiger partial charge in [0.05, 0.1) is 64.6 Å². The third kappa shape index (κ3) is 19.6. The van der Waals surface area contributed by atoms with Gasteiger partial charge < -0.3 is 71.1 Å². The number of aromatic nitrogens is 2. The number of likely N-dealkylation sites (tertiary alicyclic amines) is 1. The molecule has 1 fully saturated rings. The molecule has 1 unspecified atom stereocenters. The molecule has 2 heterocycles. The molecule has 3 aromatic rings. The van der Waals surface area contributed by atoms with Crippen LogP contribution in [0.3, 0.4) is 0 Å². The van der Waals surface area contributed by atoms with Crippen molar-refractivity contribution in [1.29, 1.82) is 0 Å². The molecule has 0 radical (unpaired) electrons. The quantitative estimate of drug-likeness (QED) is 0.0234. The number of carbonyl (C=O) groups is 7. The second-order valence-corrected chi connectivity index (χ2v) is 20.8. The van der Waals surface area contributed by atoms with Crippen molar-refractivity contribution in [3.63, 3.8) is 0 Å². The Hall–Kier alpha value is -6.57. The number of methoxy groups -OCH3 is 1. The number of H-pyrrole nitrogens is 1. The third-order valence-electron chi connectivity index (χ3n) is 13.1. The first-order chi connectivity index (χ1) is 37.9. The molecule has 5 rings (SSSR count). The summed E-state index contributed by atoms with van der Waals surface area (Å²) in [6.45, 7) is 6.50. The van der Waals surface area contributed by atoms with Gasteiger partial charge in [0.15, 0.2) is 0 Å². The molecule has 10 N–H and O–H groups in total. The Balaban J connectivity index is 1.09. The van der Waals surface area contributed by atoms with Crippen molar-refractivity contribution < 1.29 is 76.1 Å². The first-order valence-electron chi connectivity index (χ1n) is 26.3. The largest absolute Gasteiger partial charge is 0.472 e. The summed E-state index contributed by atoms with van der Waals surface area (Å²) in [6, 6.07) is 8.97. The van der Waals surface area contributed by atoms with Crippen LogP contribution in [0.4, 0.5) is 4.79 Å². The van der Waals surface area contributed by atoms with E-state index in [0.717, 1.165) is 22.3 Å². The maximum absolute atomic E-state index is 14.1. The number of imidazole rings is 1. The van der Waals surface area contributed by atoms with E-state index in [1.54, 1.807) is 6.08 Å². The van der Waals surface area contributed by atoms with Crippen LogP contribution in [0, 0.1) is 5.92 Å². The zero-order valence-corrected chi connectivity index (χ0v) is 46.2. The average Bonchev–Trinajstić information content (AvgIpc) is 4.19. The molecule has 434 valence electrons. The second kappa shape index (κ2) is 31.9. The van der Waals surface area contributed by atoms with Gasteiger partial charge in [0, 0.05) is 50.8 Å². The van der Waals surface area contributed by atoms with Gasteiger partial charge in [0.1, 0.15) is 36.8 Å². The summed E-state index contributed by atoms with van der Waals surface area (Å²) in [4.78, 5) is 112. The van der Waals surface area contributed by atoms with Gasteiger partial charge in [-0.2, -0.15) is 0 Å². The van der Waals surface area contributed by atoms with Crippen LogP contribution in [0.25, 0.3) is 11.1 Å². The van der Waals surface area contributed by atoms with E-state index in [0.29, 0.717) is 18.5 Å². The van der Waals surface area contributed by atoms with Crippen LogP contribution < -0.4 is 32.3 Å². The average molecular weight is 1130 g/mol. The van der Waals surface area contributed by atoms with Gasteiger partial charge in [0.2, 0.25) is 35.4 Å². The van der Waals surface area contributed by atoms with Crippen molar-refractivity contribution >= 4 is 49.4 Å². The van der Waals surface area contributed by atoms with Crippen molar-refractivity contribution in [3.05, 3.63) is 90.0 Å². The summed E-state index contributed by atoms with van der Waals surface area (Å²) in [5, 5.41) is 22.9. The number of aromatic amines is 1. The lowest BCUT2D eigenvalue weighted by molar-refractivity contribution is -0.140. The maximum atomic E-state index is 14.1. The summed E-state index contributed by atoms with van der Waals surface area (Å²) >= 11 is 0. The molecule has 7 amide bonds. The summed E-state index contributed by atoms with van der Waals surface area (Å²) in [5.41, 5.74) is 10.4. The fourth-order valence-electron chi connectivity index (χ4n) is 9.05. The van der Waals surface area contributed by atoms with Gasteiger partial charge in [-0.05, 0) is 61.3 Å². The predicted octanol–water partition coefficient (Wildman–Crippen LogP) is 1.87. The van der Waals surface area contributed by atoms with Crippen molar-refractivity contribution in [2.45, 2.75) is 115 Å². The number of ether oxygens (including phenoxy) is 4. The molecule has 26 heteroatoms. The number of nitrogens with zero attached hydrogens (tertiary/aromatic N) is 2. The normalized spacial score (nSPS) is 17.6. The van der Waals surface area contributed by atoms with Crippen LogP contribution >= 0.6 is 7.82 Å². The number of nitrogens with two attached hydrogens (primary N) is 1. The highest BCUT2D eigenvalue weighted by atomic mass is 31.2. The number of amides is 7. The fourth-order valence-corrected chi connectivity index (χ4v) is 10.0. The van der Waals surface area contributed by atoms with Crippen LogP contribution in [0.1, 0.15) is 82.5 Å². The Kier molecular flexibility index (Phi) is 25.5. The first-order valence-corrected chi connectivity index (χ1v) is 27.8. The van der Waals surface area contributed by atoms with Crippen molar-refractivity contribution in [3.8, 4) is 11.1 Å². The fraction of sp³-hybridized carbons (Fsp3) is 0.547. The molecular weight excluding hydrogens is 1050 g/mol. The highest BCUT2D eigenvalue weighted by Crippen LogP contribution is 2.46. The molecule has 1 aliphatic heterocycles. The molecule has 1 aliphatic carbocycles. The molecule has 2 aromatic carbocycles. The van der Waals surface area contributed by atoms with E-state index in [4.69, 9.17) is 33.7 Å². The van der Waals surface area contributed by atoms with Crippen molar-refractivity contribution in [2.24, 2.45) is 11.7 Å². The highest BCUT2D eigenvalue weighted by Gasteiger charge is 2.42. The Morgan fingerprint density at radius 1 is 0.873 bits per heavy atom. The van der Waals surface area contributed by atoms with Gasteiger partial charge in [-0.3, -0.25) is 37.8 Å². The van der Waals surface area contributed by atoms with E-state index in [1.165, 1.54) is 31.5 Å². The number of hydrogen-bond acceptors (Lipinski definition) is 16. The van der Waals surface area contributed by atoms with E-state index in [-0.39, 0.29) is 90.2 Å². The van der Waals surface area contributed by atoms with Crippen molar-refractivity contribution in [2.75, 3.05) is 66.4 Å². The molecule has 0 spiro atoms. The predicted molar refractivity (Wildman–Crippen MR) is 286 cm³/mol.